The van der Waals surface area contributed by atoms with Crippen molar-refractivity contribution in [3.63, 3.8) is 0 Å². The van der Waals surface area contributed by atoms with Gasteiger partial charge < -0.3 is 15.5 Å². The molecule has 0 radical (unpaired) electrons. The lowest BCUT2D eigenvalue weighted by atomic mass is 10.2. The Bertz CT molecular complexity index is 368. The molecule has 1 aromatic heterocycles. The molecule has 1 aliphatic rings. The predicted octanol–water partition coefficient (Wildman–Crippen LogP) is 0.0349. The van der Waals surface area contributed by atoms with Crippen LogP contribution < -0.4 is 10.6 Å². The van der Waals surface area contributed by atoms with Crippen LogP contribution >= 0.6 is 0 Å². The first kappa shape index (κ1) is 10.9. The number of pyridine rings is 1. The molecule has 0 spiro atoms. The van der Waals surface area contributed by atoms with Crippen LogP contribution in [0.15, 0.2) is 24.4 Å². The molecule has 1 amide bonds. The second-order valence-corrected chi connectivity index (χ2v) is 3.91. The molecule has 5 nitrogen and oxygen atoms in total. The van der Waals surface area contributed by atoms with Gasteiger partial charge in [-0.1, -0.05) is 6.07 Å². The molecular weight excluding hydrogens is 204 g/mol. The molecule has 1 aromatic rings. The maximum absolute atomic E-state index is 11.2. The quantitative estimate of drug-likeness (QED) is 0.725. The summed E-state index contributed by atoms with van der Waals surface area (Å²) in [5.41, 5.74) is 6.03. The van der Waals surface area contributed by atoms with E-state index in [1.54, 1.807) is 18.0 Å². The highest BCUT2D eigenvalue weighted by molar-refractivity contribution is 5.73. The second-order valence-electron chi connectivity index (χ2n) is 3.91. The second kappa shape index (κ2) is 4.49. The van der Waals surface area contributed by atoms with Gasteiger partial charge in [0.05, 0.1) is 12.7 Å². The van der Waals surface area contributed by atoms with Crippen molar-refractivity contribution < 1.29 is 4.79 Å². The number of carbonyl (C=O) groups is 1. The fourth-order valence-corrected chi connectivity index (χ4v) is 1.90. The van der Waals surface area contributed by atoms with Crippen LogP contribution in [0.3, 0.4) is 0 Å². The van der Waals surface area contributed by atoms with E-state index >= 15 is 0 Å². The fourth-order valence-electron chi connectivity index (χ4n) is 1.90. The highest BCUT2D eigenvalue weighted by Crippen LogP contribution is 2.15. The third kappa shape index (κ3) is 2.14. The average Bonchev–Trinajstić information content (AvgIpc) is 2.30. The number of nitrogens with zero attached hydrogens (tertiary/aromatic N) is 3. The normalized spacial score (nSPS) is 21.0. The van der Waals surface area contributed by atoms with Crippen molar-refractivity contribution >= 4 is 11.7 Å². The van der Waals surface area contributed by atoms with Crippen molar-refractivity contribution in [2.45, 2.75) is 13.1 Å². The molecule has 1 unspecified atom stereocenters. The number of nitrogens with two attached hydrogens (primary N) is 1. The Morgan fingerprint density at radius 1 is 1.50 bits per heavy atom. The number of rotatable bonds is 1. The minimum Gasteiger partial charge on any atom is -0.338 e. The van der Waals surface area contributed by atoms with Crippen molar-refractivity contribution in [3.8, 4) is 0 Å². The van der Waals surface area contributed by atoms with Crippen LogP contribution in [0.4, 0.5) is 5.82 Å². The van der Waals surface area contributed by atoms with E-state index in [4.69, 9.17) is 5.73 Å². The summed E-state index contributed by atoms with van der Waals surface area (Å²) in [7, 11) is 0. The summed E-state index contributed by atoms with van der Waals surface area (Å²) in [6.45, 7) is 3.58. The van der Waals surface area contributed by atoms with Crippen LogP contribution in [0, 0.1) is 0 Å². The number of carbonyl (C=O) groups excluding carboxylic acids is 1. The number of piperazine rings is 1. The van der Waals surface area contributed by atoms with Crippen molar-refractivity contribution in [1.82, 2.24) is 9.88 Å². The highest BCUT2D eigenvalue weighted by Gasteiger charge is 2.25. The average molecular weight is 220 g/mol. The maximum Gasteiger partial charge on any atom is 0.219 e. The Morgan fingerprint density at radius 2 is 2.31 bits per heavy atom. The Kier molecular flexibility index (Phi) is 3.05. The van der Waals surface area contributed by atoms with E-state index in [0.29, 0.717) is 13.1 Å². The number of anilines is 1. The van der Waals surface area contributed by atoms with Crippen molar-refractivity contribution in [1.29, 1.82) is 0 Å². The summed E-state index contributed by atoms with van der Waals surface area (Å²) in [4.78, 5) is 19.3. The molecule has 2 rings (SSSR count). The zero-order chi connectivity index (χ0) is 11.5. The lowest BCUT2D eigenvalue weighted by Crippen LogP contribution is -2.58. The third-order valence-corrected chi connectivity index (χ3v) is 2.81. The van der Waals surface area contributed by atoms with Gasteiger partial charge in [-0.3, -0.25) is 4.79 Å². The van der Waals surface area contributed by atoms with E-state index in [1.165, 1.54) is 0 Å². The van der Waals surface area contributed by atoms with Gasteiger partial charge in [0, 0.05) is 26.2 Å². The Balaban J connectivity index is 2.08. The summed E-state index contributed by atoms with van der Waals surface area (Å²) in [6, 6.07) is 5.75. The standard InChI is InChI=1S/C11H16N4O/c1-9(16)14-6-7-15(10(12)8-14)11-4-2-3-5-13-11/h2-5,10H,6-8,12H2,1H3. The van der Waals surface area contributed by atoms with Crippen molar-refractivity contribution in [3.05, 3.63) is 24.4 Å². The molecule has 1 fully saturated rings. The monoisotopic (exact) mass is 220 g/mol. The minimum absolute atomic E-state index is 0.0797. The molecule has 0 bridgehead atoms. The Hall–Kier alpha value is -1.62. The zero-order valence-electron chi connectivity index (χ0n) is 9.34. The first-order valence-electron chi connectivity index (χ1n) is 5.37. The van der Waals surface area contributed by atoms with Gasteiger partial charge in [0.1, 0.15) is 5.82 Å². The molecular formula is C11H16N4O. The zero-order valence-corrected chi connectivity index (χ0v) is 9.34. The molecule has 1 saturated heterocycles. The van der Waals surface area contributed by atoms with Gasteiger partial charge in [-0.05, 0) is 12.1 Å². The summed E-state index contributed by atoms with van der Waals surface area (Å²) in [5, 5.41) is 0. The number of aromatic nitrogens is 1. The first-order valence-corrected chi connectivity index (χ1v) is 5.37. The lowest BCUT2D eigenvalue weighted by molar-refractivity contribution is -0.129. The molecule has 1 aliphatic heterocycles. The van der Waals surface area contributed by atoms with Gasteiger partial charge >= 0.3 is 0 Å². The first-order chi connectivity index (χ1) is 7.68. The van der Waals surface area contributed by atoms with Crippen LogP contribution in [0.1, 0.15) is 6.92 Å². The lowest BCUT2D eigenvalue weighted by Gasteiger charge is -2.39. The molecule has 86 valence electrons. The van der Waals surface area contributed by atoms with Crippen LogP contribution in [0.2, 0.25) is 0 Å². The molecule has 0 saturated carbocycles. The van der Waals surface area contributed by atoms with Crippen LogP contribution in [0.5, 0.6) is 0 Å². The molecule has 0 aliphatic carbocycles. The van der Waals surface area contributed by atoms with E-state index in [0.717, 1.165) is 12.4 Å². The topological polar surface area (TPSA) is 62.5 Å². The van der Waals surface area contributed by atoms with E-state index in [9.17, 15) is 4.79 Å². The molecule has 2 N–H and O–H groups in total. The van der Waals surface area contributed by atoms with E-state index in [-0.39, 0.29) is 12.1 Å². The van der Waals surface area contributed by atoms with Crippen LogP contribution in [-0.2, 0) is 4.79 Å². The Labute approximate surface area is 94.9 Å². The minimum atomic E-state index is -0.174. The van der Waals surface area contributed by atoms with E-state index < -0.39 is 0 Å². The fraction of sp³-hybridized carbons (Fsp3) is 0.455. The van der Waals surface area contributed by atoms with Gasteiger partial charge in [-0.25, -0.2) is 4.98 Å². The van der Waals surface area contributed by atoms with Crippen molar-refractivity contribution in [2.75, 3.05) is 24.5 Å². The summed E-state index contributed by atoms with van der Waals surface area (Å²) in [5.74, 6) is 0.953. The maximum atomic E-state index is 11.2. The largest absolute Gasteiger partial charge is 0.338 e. The summed E-state index contributed by atoms with van der Waals surface area (Å²) >= 11 is 0. The third-order valence-electron chi connectivity index (χ3n) is 2.81. The highest BCUT2D eigenvalue weighted by atomic mass is 16.2. The van der Waals surface area contributed by atoms with E-state index in [2.05, 4.69) is 4.98 Å². The predicted molar refractivity (Wildman–Crippen MR) is 61.8 cm³/mol. The smallest absolute Gasteiger partial charge is 0.219 e. The number of hydrogen-bond donors (Lipinski definition) is 1. The molecule has 1 atom stereocenters. The molecule has 5 heteroatoms. The van der Waals surface area contributed by atoms with Gasteiger partial charge in [-0.2, -0.15) is 0 Å². The molecule has 2 heterocycles. The SMILES string of the molecule is CC(=O)N1CCN(c2ccccn2)C(N)C1. The molecule has 0 aromatic carbocycles. The van der Waals surface area contributed by atoms with Crippen LogP contribution in [-0.4, -0.2) is 41.6 Å². The van der Waals surface area contributed by atoms with Gasteiger partial charge in [0.15, 0.2) is 0 Å². The van der Waals surface area contributed by atoms with Gasteiger partial charge in [-0.15, -0.1) is 0 Å². The number of hydrogen-bond acceptors (Lipinski definition) is 4. The molecule has 16 heavy (non-hydrogen) atoms. The van der Waals surface area contributed by atoms with Crippen molar-refractivity contribution in [2.24, 2.45) is 5.73 Å². The van der Waals surface area contributed by atoms with Crippen LogP contribution in [0.25, 0.3) is 0 Å². The van der Waals surface area contributed by atoms with Gasteiger partial charge in [0.2, 0.25) is 5.91 Å². The number of amides is 1. The summed E-state index contributed by atoms with van der Waals surface area (Å²) < 4.78 is 0. The van der Waals surface area contributed by atoms with E-state index in [1.807, 2.05) is 23.1 Å². The Morgan fingerprint density at radius 3 is 2.88 bits per heavy atom. The summed E-state index contributed by atoms with van der Waals surface area (Å²) in [6.07, 6.45) is 1.58. The van der Waals surface area contributed by atoms with Gasteiger partial charge in [0.25, 0.3) is 0 Å².